The molecule has 31 heavy (non-hydrogen) atoms. The Kier molecular flexibility index (Phi) is 5.56. The molecule has 3 aromatic carbocycles. The molecule has 0 amide bonds. The van der Waals surface area contributed by atoms with E-state index in [9.17, 15) is 9.18 Å². The number of hydrogen-bond acceptors (Lipinski definition) is 3. The van der Waals surface area contributed by atoms with Gasteiger partial charge in [-0.15, -0.1) is 0 Å². The SMILES string of the molecule is O=C(CCCN1CC[C@@H]2[C@@H](C1)c1ccccc1N2c1ccccc1)c1ccc(F)cc1. The van der Waals surface area contributed by atoms with Crippen molar-refractivity contribution >= 4 is 17.2 Å². The molecule has 0 saturated carbocycles. The van der Waals surface area contributed by atoms with Crippen LogP contribution >= 0.6 is 0 Å². The van der Waals surface area contributed by atoms with Crippen molar-refractivity contribution in [2.24, 2.45) is 0 Å². The number of hydrogen-bond donors (Lipinski definition) is 0. The number of benzene rings is 3. The van der Waals surface area contributed by atoms with E-state index in [1.54, 1.807) is 12.1 Å². The molecule has 0 bridgehead atoms. The van der Waals surface area contributed by atoms with Crippen LogP contribution < -0.4 is 4.90 Å². The van der Waals surface area contributed by atoms with Crippen LogP contribution in [0.5, 0.6) is 0 Å². The van der Waals surface area contributed by atoms with Gasteiger partial charge in [0.1, 0.15) is 5.82 Å². The molecule has 5 rings (SSSR count). The summed E-state index contributed by atoms with van der Waals surface area (Å²) >= 11 is 0. The van der Waals surface area contributed by atoms with Crippen molar-refractivity contribution in [3.05, 3.63) is 95.8 Å². The quantitative estimate of drug-likeness (QED) is 0.477. The monoisotopic (exact) mass is 414 g/mol. The van der Waals surface area contributed by atoms with E-state index >= 15 is 0 Å². The third-order valence-corrected chi connectivity index (χ3v) is 6.67. The minimum absolute atomic E-state index is 0.0938. The highest BCUT2D eigenvalue weighted by molar-refractivity contribution is 5.95. The minimum Gasteiger partial charge on any atom is -0.337 e. The molecule has 3 nitrogen and oxygen atoms in total. The number of anilines is 2. The van der Waals surface area contributed by atoms with Crippen LogP contribution in [0.4, 0.5) is 15.8 Å². The predicted molar refractivity (Wildman–Crippen MR) is 123 cm³/mol. The molecule has 0 radical (unpaired) electrons. The predicted octanol–water partition coefficient (Wildman–Crippen LogP) is 5.80. The molecule has 0 spiro atoms. The number of nitrogens with zero attached hydrogens (tertiary/aromatic N) is 2. The van der Waals surface area contributed by atoms with E-state index in [2.05, 4.69) is 64.4 Å². The Bertz CT molecular complexity index is 1050. The number of Topliss-reactive ketones (excluding diaryl/α,β-unsaturated/α-hetero) is 1. The topological polar surface area (TPSA) is 23.6 Å². The third kappa shape index (κ3) is 4.00. The summed E-state index contributed by atoms with van der Waals surface area (Å²) in [7, 11) is 0. The number of rotatable bonds is 6. The second-order valence-electron chi connectivity index (χ2n) is 8.56. The third-order valence-electron chi connectivity index (χ3n) is 6.67. The van der Waals surface area contributed by atoms with Gasteiger partial charge in [-0.2, -0.15) is 0 Å². The maximum atomic E-state index is 13.1. The Morgan fingerprint density at radius 3 is 2.48 bits per heavy atom. The fourth-order valence-electron chi connectivity index (χ4n) is 5.19. The number of carbonyl (C=O) groups excluding carboxylic acids is 1. The second-order valence-corrected chi connectivity index (χ2v) is 8.56. The van der Waals surface area contributed by atoms with E-state index in [-0.39, 0.29) is 11.6 Å². The Morgan fingerprint density at radius 2 is 1.68 bits per heavy atom. The number of halogens is 1. The van der Waals surface area contributed by atoms with Crippen molar-refractivity contribution in [3.8, 4) is 0 Å². The Hall–Kier alpha value is -2.98. The zero-order valence-electron chi connectivity index (χ0n) is 17.6. The van der Waals surface area contributed by atoms with Gasteiger partial charge in [0.2, 0.25) is 0 Å². The number of piperidine rings is 1. The summed E-state index contributed by atoms with van der Waals surface area (Å²) in [6, 6.07) is 25.8. The molecule has 0 unspecified atom stereocenters. The van der Waals surface area contributed by atoms with E-state index in [0.717, 1.165) is 32.5 Å². The minimum atomic E-state index is -0.305. The van der Waals surface area contributed by atoms with Crippen molar-refractivity contribution < 1.29 is 9.18 Å². The molecule has 2 atom stereocenters. The van der Waals surface area contributed by atoms with Crippen molar-refractivity contribution in [1.82, 2.24) is 4.90 Å². The van der Waals surface area contributed by atoms with Crippen molar-refractivity contribution in [2.75, 3.05) is 24.5 Å². The lowest BCUT2D eigenvalue weighted by Crippen LogP contribution is -2.45. The van der Waals surface area contributed by atoms with Crippen LogP contribution in [0.3, 0.4) is 0 Å². The Morgan fingerprint density at radius 1 is 0.935 bits per heavy atom. The Labute approximate surface area is 183 Å². The summed E-state index contributed by atoms with van der Waals surface area (Å²) in [5.41, 5.74) is 4.63. The van der Waals surface area contributed by atoms with Crippen LogP contribution in [0.1, 0.15) is 41.1 Å². The zero-order valence-corrected chi connectivity index (χ0v) is 17.6. The Balaban J connectivity index is 1.24. The van der Waals surface area contributed by atoms with Crippen molar-refractivity contribution in [3.63, 3.8) is 0 Å². The lowest BCUT2D eigenvalue weighted by Gasteiger charge is -2.39. The number of likely N-dealkylation sites (tertiary alicyclic amines) is 1. The molecular formula is C27H27FN2O. The zero-order chi connectivity index (χ0) is 21.2. The van der Waals surface area contributed by atoms with Gasteiger partial charge in [-0.25, -0.2) is 4.39 Å². The molecule has 4 heteroatoms. The van der Waals surface area contributed by atoms with Crippen LogP contribution in [0.15, 0.2) is 78.9 Å². The van der Waals surface area contributed by atoms with Crippen molar-refractivity contribution in [2.45, 2.75) is 31.2 Å². The van der Waals surface area contributed by atoms with Gasteiger partial charge in [-0.05, 0) is 67.4 Å². The summed E-state index contributed by atoms with van der Waals surface area (Å²) in [6.07, 6.45) is 2.45. The molecule has 2 heterocycles. The highest BCUT2D eigenvalue weighted by Crippen LogP contribution is 2.48. The number of carbonyl (C=O) groups is 1. The fourth-order valence-corrected chi connectivity index (χ4v) is 5.19. The van der Waals surface area contributed by atoms with E-state index in [1.807, 2.05) is 0 Å². The first-order valence-electron chi connectivity index (χ1n) is 11.1. The van der Waals surface area contributed by atoms with Crippen LogP contribution in [0.25, 0.3) is 0 Å². The van der Waals surface area contributed by atoms with E-state index < -0.39 is 0 Å². The molecule has 2 aliphatic heterocycles. The molecule has 158 valence electrons. The number of ketones is 1. The largest absolute Gasteiger partial charge is 0.337 e. The first kappa shape index (κ1) is 20.0. The van der Waals surface area contributed by atoms with Gasteiger partial charge >= 0.3 is 0 Å². The molecule has 3 aromatic rings. The van der Waals surface area contributed by atoms with Gasteiger partial charge in [0.15, 0.2) is 5.78 Å². The summed E-state index contributed by atoms with van der Waals surface area (Å²) in [5, 5.41) is 0. The fraction of sp³-hybridized carbons (Fsp3) is 0.296. The van der Waals surface area contributed by atoms with Crippen LogP contribution in [0, 0.1) is 5.82 Å². The standard InChI is InChI=1S/C27H27FN2O/c28-21-14-12-20(13-15-21)27(31)11-6-17-29-18-16-26-24(19-29)23-9-4-5-10-25(23)30(26)22-7-2-1-3-8-22/h1-5,7-10,12-15,24,26H,6,11,16-19H2/t24-,26+/m0/s1. The van der Waals surface area contributed by atoms with Gasteiger partial charge in [0.25, 0.3) is 0 Å². The van der Waals surface area contributed by atoms with E-state index in [0.29, 0.717) is 23.9 Å². The number of para-hydroxylation sites is 2. The molecule has 1 fully saturated rings. The molecule has 0 aromatic heterocycles. The van der Waals surface area contributed by atoms with Gasteiger partial charge in [0.05, 0.1) is 0 Å². The van der Waals surface area contributed by atoms with Gasteiger partial charge in [-0.1, -0.05) is 36.4 Å². The maximum absolute atomic E-state index is 13.1. The van der Waals surface area contributed by atoms with Gasteiger partial charge < -0.3 is 9.80 Å². The molecule has 0 N–H and O–H groups in total. The van der Waals surface area contributed by atoms with Gasteiger partial charge in [0, 0.05) is 48.4 Å². The van der Waals surface area contributed by atoms with Crippen LogP contribution in [-0.4, -0.2) is 36.4 Å². The first-order chi connectivity index (χ1) is 15.2. The average Bonchev–Trinajstić information content (AvgIpc) is 3.14. The summed E-state index contributed by atoms with van der Waals surface area (Å²) in [6.45, 7) is 2.99. The maximum Gasteiger partial charge on any atom is 0.162 e. The van der Waals surface area contributed by atoms with Crippen molar-refractivity contribution in [1.29, 1.82) is 0 Å². The summed E-state index contributed by atoms with van der Waals surface area (Å²) in [4.78, 5) is 17.4. The second kappa shape index (κ2) is 8.64. The highest BCUT2D eigenvalue weighted by Gasteiger charge is 2.42. The molecule has 2 aliphatic rings. The van der Waals surface area contributed by atoms with Gasteiger partial charge in [-0.3, -0.25) is 4.79 Å². The molecular weight excluding hydrogens is 387 g/mol. The summed E-state index contributed by atoms with van der Waals surface area (Å²) < 4.78 is 13.1. The first-order valence-corrected chi connectivity index (χ1v) is 11.1. The smallest absolute Gasteiger partial charge is 0.162 e. The average molecular weight is 415 g/mol. The molecule has 1 saturated heterocycles. The lowest BCUT2D eigenvalue weighted by atomic mass is 9.89. The molecule has 0 aliphatic carbocycles. The van der Waals surface area contributed by atoms with Crippen LogP contribution in [0.2, 0.25) is 0 Å². The normalized spacial score (nSPS) is 20.4. The van der Waals surface area contributed by atoms with E-state index in [4.69, 9.17) is 0 Å². The van der Waals surface area contributed by atoms with Crippen LogP contribution in [-0.2, 0) is 0 Å². The lowest BCUT2D eigenvalue weighted by molar-refractivity contribution is 0.0971. The van der Waals surface area contributed by atoms with E-state index in [1.165, 1.54) is 29.1 Å². The summed E-state index contributed by atoms with van der Waals surface area (Å²) in [5.74, 6) is 0.273. The number of fused-ring (bicyclic) bond motifs is 3. The highest BCUT2D eigenvalue weighted by atomic mass is 19.1.